The standard InChI is InChI=1S/C20H16N2O6/c23-18(24)12-28-16-9-7-15(8-10-16)21-19(25)13-3-5-14(6-4-13)22-20(26)17-2-1-11-27-17/h1-11H,12H2,(H,21,25)(H,22,26)(H,23,24)/p-1. The maximum Gasteiger partial charge on any atom is 0.291 e. The number of benzene rings is 2. The quantitative estimate of drug-likeness (QED) is 0.647. The Morgan fingerprint density at radius 1 is 0.857 bits per heavy atom. The molecule has 2 amide bonds. The Kier molecular flexibility index (Phi) is 5.71. The third kappa shape index (κ3) is 4.98. The summed E-state index contributed by atoms with van der Waals surface area (Å²) in [7, 11) is 0. The van der Waals surface area contributed by atoms with Crippen LogP contribution in [-0.2, 0) is 4.79 Å². The lowest BCUT2D eigenvalue weighted by Crippen LogP contribution is -2.28. The maximum atomic E-state index is 12.3. The average Bonchev–Trinajstić information content (AvgIpc) is 3.23. The van der Waals surface area contributed by atoms with Gasteiger partial charge in [-0.15, -0.1) is 0 Å². The number of carbonyl (C=O) groups excluding carboxylic acids is 3. The molecule has 0 fully saturated rings. The minimum atomic E-state index is -1.32. The highest BCUT2D eigenvalue weighted by molar-refractivity contribution is 6.05. The summed E-state index contributed by atoms with van der Waals surface area (Å²) in [5.74, 6) is -1.51. The van der Waals surface area contributed by atoms with Crippen molar-refractivity contribution in [2.75, 3.05) is 17.2 Å². The highest BCUT2D eigenvalue weighted by Crippen LogP contribution is 2.17. The number of carboxylic acid groups (broad SMARTS) is 1. The van der Waals surface area contributed by atoms with Crippen LogP contribution in [0.3, 0.4) is 0 Å². The summed E-state index contributed by atoms with van der Waals surface area (Å²) in [4.78, 5) is 34.6. The first-order valence-electron chi connectivity index (χ1n) is 8.20. The minimum Gasteiger partial charge on any atom is -0.546 e. The van der Waals surface area contributed by atoms with Crippen molar-refractivity contribution in [1.82, 2.24) is 0 Å². The number of ether oxygens (including phenoxy) is 1. The van der Waals surface area contributed by atoms with E-state index in [-0.39, 0.29) is 17.6 Å². The van der Waals surface area contributed by atoms with E-state index in [4.69, 9.17) is 9.15 Å². The van der Waals surface area contributed by atoms with Crippen molar-refractivity contribution in [3.63, 3.8) is 0 Å². The fraction of sp³-hybridized carbons (Fsp3) is 0.0500. The zero-order valence-electron chi connectivity index (χ0n) is 14.5. The van der Waals surface area contributed by atoms with E-state index in [0.29, 0.717) is 22.7 Å². The molecule has 0 bridgehead atoms. The van der Waals surface area contributed by atoms with E-state index in [0.717, 1.165) is 0 Å². The van der Waals surface area contributed by atoms with Crippen LogP contribution in [0.15, 0.2) is 71.3 Å². The van der Waals surface area contributed by atoms with Crippen LogP contribution in [0.25, 0.3) is 0 Å². The predicted molar refractivity (Wildman–Crippen MR) is 98.0 cm³/mol. The monoisotopic (exact) mass is 379 g/mol. The number of carbonyl (C=O) groups is 3. The van der Waals surface area contributed by atoms with Crippen LogP contribution in [-0.4, -0.2) is 24.4 Å². The van der Waals surface area contributed by atoms with E-state index in [2.05, 4.69) is 10.6 Å². The van der Waals surface area contributed by atoms with Crippen molar-refractivity contribution in [3.8, 4) is 5.75 Å². The summed E-state index contributed by atoms with van der Waals surface area (Å²) in [6, 6.07) is 15.8. The zero-order chi connectivity index (χ0) is 19.9. The van der Waals surface area contributed by atoms with Gasteiger partial charge < -0.3 is 29.7 Å². The van der Waals surface area contributed by atoms with E-state index in [1.165, 1.54) is 18.4 Å². The van der Waals surface area contributed by atoms with Crippen LogP contribution in [0, 0.1) is 0 Å². The van der Waals surface area contributed by atoms with E-state index in [9.17, 15) is 19.5 Å². The third-order valence-electron chi connectivity index (χ3n) is 3.62. The molecule has 0 aliphatic carbocycles. The lowest BCUT2D eigenvalue weighted by atomic mass is 10.2. The van der Waals surface area contributed by atoms with Gasteiger partial charge in [0.05, 0.1) is 12.2 Å². The van der Waals surface area contributed by atoms with Crippen LogP contribution < -0.4 is 20.5 Å². The van der Waals surface area contributed by atoms with Crippen LogP contribution in [0.5, 0.6) is 5.75 Å². The lowest BCUT2D eigenvalue weighted by Gasteiger charge is -2.09. The summed E-state index contributed by atoms with van der Waals surface area (Å²) in [5.41, 5.74) is 1.43. The molecule has 0 aliphatic heterocycles. The molecule has 28 heavy (non-hydrogen) atoms. The van der Waals surface area contributed by atoms with Gasteiger partial charge >= 0.3 is 0 Å². The molecule has 142 valence electrons. The number of hydrogen-bond donors (Lipinski definition) is 2. The first kappa shape index (κ1) is 18.7. The Hall–Kier alpha value is -4.07. The molecule has 8 heteroatoms. The molecule has 0 spiro atoms. The Balaban J connectivity index is 1.57. The second-order valence-corrected chi connectivity index (χ2v) is 5.65. The van der Waals surface area contributed by atoms with Gasteiger partial charge in [0.15, 0.2) is 5.76 Å². The molecule has 0 aliphatic rings. The normalized spacial score (nSPS) is 10.1. The average molecular weight is 379 g/mol. The van der Waals surface area contributed by atoms with Gasteiger partial charge in [0.25, 0.3) is 11.8 Å². The maximum absolute atomic E-state index is 12.3. The number of aliphatic carboxylic acids is 1. The molecule has 2 N–H and O–H groups in total. The van der Waals surface area contributed by atoms with Crippen molar-refractivity contribution in [2.45, 2.75) is 0 Å². The lowest BCUT2D eigenvalue weighted by molar-refractivity contribution is -0.307. The number of nitrogens with one attached hydrogen (secondary N) is 2. The molecule has 0 radical (unpaired) electrons. The fourth-order valence-electron chi connectivity index (χ4n) is 2.29. The molecule has 0 saturated carbocycles. The zero-order valence-corrected chi connectivity index (χ0v) is 14.5. The molecule has 3 aromatic rings. The van der Waals surface area contributed by atoms with E-state index in [1.807, 2.05) is 0 Å². The predicted octanol–water partition coefficient (Wildman–Crippen LogP) is 1.91. The van der Waals surface area contributed by atoms with Gasteiger partial charge in [0, 0.05) is 16.9 Å². The number of anilines is 2. The molecule has 0 saturated heterocycles. The largest absolute Gasteiger partial charge is 0.546 e. The van der Waals surface area contributed by atoms with Gasteiger partial charge in [-0.25, -0.2) is 0 Å². The molecule has 1 aromatic heterocycles. The highest BCUT2D eigenvalue weighted by Gasteiger charge is 2.10. The Morgan fingerprint density at radius 3 is 2.04 bits per heavy atom. The van der Waals surface area contributed by atoms with Crippen LogP contribution in [0.4, 0.5) is 11.4 Å². The molecule has 0 atom stereocenters. The third-order valence-corrected chi connectivity index (χ3v) is 3.62. The molecule has 2 aromatic carbocycles. The van der Waals surface area contributed by atoms with Crippen molar-refractivity contribution in [3.05, 3.63) is 78.3 Å². The van der Waals surface area contributed by atoms with Gasteiger partial charge in [-0.2, -0.15) is 0 Å². The van der Waals surface area contributed by atoms with Crippen molar-refractivity contribution < 1.29 is 28.6 Å². The number of hydrogen-bond acceptors (Lipinski definition) is 6. The summed E-state index contributed by atoms with van der Waals surface area (Å²) in [6.07, 6.45) is 1.41. The summed E-state index contributed by atoms with van der Waals surface area (Å²) in [5, 5.41) is 15.7. The number of furan rings is 1. The first-order chi connectivity index (χ1) is 13.5. The Morgan fingerprint density at radius 2 is 1.46 bits per heavy atom. The van der Waals surface area contributed by atoms with Gasteiger partial charge in [-0.05, 0) is 60.7 Å². The summed E-state index contributed by atoms with van der Waals surface area (Å²) < 4.78 is 9.98. The van der Waals surface area contributed by atoms with Gasteiger partial charge in [-0.1, -0.05) is 0 Å². The van der Waals surface area contributed by atoms with Gasteiger partial charge in [-0.3, -0.25) is 9.59 Å². The molecule has 8 nitrogen and oxygen atoms in total. The molecular formula is C20H15N2O6-. The van der Waals surface area contributed by atoms with Gasteiger partial charge in [0.2, 0.25) is 0 Å². The Labute approximate surface area is 159 Å². The Bertz CT molecular complexity index is 963. The molecular weight excluding hydrogens is 364 g/mol. The molecule has 1 heterocycles. The second-order valence-electron chi connectivity index (χ2n) is 5.65. The van der Waals surface area contributed by atoms with Crippen LogP contribution in [0.1, 0.15) is 20.9 Å². The highest BCUT2D eigenvalue weighted by atomic mass is 16.5. The second kappa shape index (κ2) is 8.54. The van der Waals surface area contributed by atoms with E-state index >= 15 is 0 Å². The smallest absolute Gasteiger partial charge is 0.291 e. The molecule has 3 rings (SSSR count). The van der Waals surface area contributed by atoms with Crippen molar-refractivity contribution in [1.29, 1.82) is 0 Å². The number of rotatable bonds is 7. The van der Waals surface area contributed by atoms with Crippen LogP contribution >= 0.6 is 0 Å². The summed E-state index contributed by atoms with van der Waals surface area (Å²) in [6.45, 7) is -0.547. The fourth-order valence-corrected chi connectivity index (χ4v) is 2.29. The van der Waals surface area contributed by atoms with E-state index in [1.54, 1.807) is 48.5 Å². The number of amides is 2. The van der Waals surface area contributed by atoms with E-state index < -0.39 is 12.6 Å². The summed E-state index contributed by atoms with van der Waals surface area (Å²) >= 11 is 0. The van der Waals surface area contributed by atoms with Crippen molar-refractivity contribution in [2.24, 2.45) is 0 Å². The SMILES string of the molecule is O=C([O-])COc1ccc(NC(=O)c2ccc(NC(=O)c3ccco3)cc2)cc1. The van der Waals surface area contributed by atoms with Crippen LogP contribution in [0.2, 0.25) is 0 Å². The van der Waals surface area contributed by atoms with Gasteiger partial charge in [0.1, 0.15) is 12.4 Å². The first-order valence-corrected chi connectivity index (χ1v) is 8.20. The topological polar surface area (TPSA) is 121 Å². The number of carboxylic acids is 1. The molecule has 0 unspecified atom stereocenters. The minimum absolute atomic E-state index is 0.189. The van der Waals surface area contributed by atoms with Crippen molar-refractivity contribution >= 4 is 29.2 Å².